The first kappa shape index (κ1) is 18.1. The molecule has 0 amide bonds. The van der Waals surface area contributed by atoms with Gasteiger partial charge in [-0.2, -0.15) is 0 Å². The highest BCUT2D eigenvalue weighted by molar-refractivity contribution is 5.58. The number of nitrogens with zero attached hydrogens (tertiary/aromatic N) is 3. The second-order valence-electron chi connectivity index (χ2n) is 7.81. The number of anilines is 1. The minimum absolute atomic E-state index is 0.769. The summed E-state index contributed by atoms with van der Waals surface area (Å²) in [4.78, 5) is 7.93. The van der Waals surface area contributed by atoms with Crippen LogP contribution in [0.15, 0.2) is 24.3 Å². The summed E-state index contributed by atoms with van der Waals surface area (Å²) in [5.74, 6) is 0.991. The molecule has 5 heteroatoms. The topological polar surface area (TPSA) is 28.2 Å². The number of likely N-dealkylation sites (tertiary alicyclic amines) is 1. The monoisotopic (exact) mass is 359 g/mol. The van der Waals surface area contributed by atoms with Crippen molar-refractivity contribution < 1.29 is 9.47 Å². The van der Waals surface area contributed by atoms with Gasteiger partial charge in [0.05, 0.1) is 12.8 Å². The van der Waals surface area contributed by atoms with Gasteiger partial charge in [-0.25, -0.2) is 0 Å². The van der Waals surface area contributed by atoms with Crippen LogP contribution in [0.4, 0.5) is 5.69 Å². The number of hydrogen-bond donors (Lipinski definition) is 0. The molecular weight excluding hydrogens is 326 g/mol. The lowest BCUT2D eigenvalue weighted by molar-refractivity contribution is 0.0127. The average molecular weight is 360 g/mol. The molecule has 1 aromatic carbocycles. The molecule has 0 unspecified atom stereocenters. The SMILES string of the molecule is COc1ccccc1N1CCN(C2CCN(C3CCOCC3)CC2)CC1. The van der Waals surface area contributed by atoms with Crippen molar-refractivity contribution in [1.29, 1.82) is 0 Å². The first-order valence-electron chi connectivity index (χ1n) is 10.3. The van der Waals surface area contributed by atoms with E-state index >= 15 is 0 Å². The molecule has 26 heavy (non-hydrogen) atoms. The molecule has 0 aromatic heterocycles. The quantitative estimate of drug-likeness (QED) is 0.823. The summed E-state index contributed by atoms with van der Waals surface area (Å²) >= 11 is 0. The summed E-state index contributed by atoms with van der Waals surface area (Å²) in [5, 5.41) is 0. The van der Waals surface area contributed by atoms with Gasteiger partial charge in [0.1, 0.15) is 5.75 Å². The third kappa shape index (κ3) is 4.00. The van der Waals surface area contributed by atoms with Crippen molar-refractivity contribution in [2.45, 2.75) is 37.8 Å². The van der Waals surface area contributed by atoms with Gasteiger partial charge in [-0.15, -0.1) is 0 Å². The molecule has 1 aromatic rings. The third-order valence-corrected chi connectivity index (χ3v) is 6.46. The van der Waals surface area contributed by atoms with Crippen molar-refractivity contribution in [2.24, 2.45) is 0 Å². The molecule has 3 aliphatic heterocycles. The molecule has 5 nitrogen and oxygen atoms in total. The first-order valence-corrected chi connectivity index (χ1v) is 10.3. The van der Waals surface area contributed by atoms with Gasteiger partial charge in [0.2, 0.25) is 0 Å². The number of rotatable bonds is 4. The number of ether oxygens (including phenoxy) is 2. The van der Waals surface area contributed by atoms with Crippen molar-refractivity contribution >= 4 is 5.69 Å². The van der Waals surface area contributed by atoms with E-state index in [0.717, 1.165) is 44.1 Å². The van der Waals surface area contributed by atoms with E-state index in [2.05, 4.69) is 32.9 Å². The number of piperidine rings is 1. The fraction of sp³-hybridized carbons (Fsp3) is 0.714. The maximum Gasteiger partial charge on any atom is 0.142 e. The van der Waals surface area contributed by atoms with Gasteiger partial charge in [0.15, 0.2) is 0 Å². The van der Waals surface area contributed by atoms with Gasteiger partial charge in [-0.05, 0) is 50.9 Å². The van der Waals surface area contributed by atoms with Crippen molar-refractivity contribution in [3.63, 3.8) is 0 Å². The molecule has 3 fully saturated rings. The van der Waals surface area contributed by atoms with Crippen LogP contribution in [0.2, 0.25) is 0 Å². The van der Waals surface area contributed by atoms with Crippen LogP contribution < -0.4 is 9.64 Å². The van der Waals surface area contributed by atoms with Crippen LogP contribution in [0.1, 0.15) is 25.7 Å². The summed E-state index contributed by atoms with van der Waals surface area (Å²) < 4.78 is 11.1. The Kier molecular flexibility index (Phi) is 5.98. The van der Waals surface area contributed by atoms with Gasteiger partial charge in [0.25, 0.3) is 0 Å². The summed E-state index contributed by atoms with van der Waals surface area (Å²) in [7, 11) is 1.77. The predicted octanol–water partition coefficient (Wildman–Crippen LogP) is 2.46. The van der Waals surface area contributed by atoms with Crippen molar-refractivity contribution in [3.8, 4) is 5.75 Å². The molecule has 3 saturated heterocycles. The minimum atomic E-state index is 0.769. The van der Waals surface area contributed by atoms with E-state index in [0.29, 0.717) is 0 Å². The Labute approximate surface area is 157 Å². The lowest BCUT2D eigenvalue weighted by atomic mass is 9.98. The van der Waals surface area contributed by atoms with Crippen LogP contribution in [-0.2, 0) is 4.74 Å². The normalized spacial score (nSPS) is 24.7. The lowest BCUT2D eigenvalue weighted by Gasteiger charge is -2.45. The summed E-state index contributed by atoms with van der Waals surface area (Å²) in [6.45, 7) is 8.97. The summed E-state index contributed by atoms with van der Waals surface area (Å²) in [5.41, 5.74) is 1.24. The third-order valence-electron chi connectivity index (χ3n) is 6.46. The highest BCUT2D eigenvalue weighted by atomic mass is 16.5. The number of methoxy groups -OCH3 is 1. The Balaban J connectivity index is 1.26. The van der Waals surface area contributed by atoms with Crippen LogP contribution in [0, 0.1) is 0 Å². The molecule has 4 rings (SSSR count). The zero-order chi connectivity index (χ0) is 17.8. The van der Waals surface area contributed by atoms with E-state index < -0.39 is 0 Å². The Hall–Kier alpha value is -1.30. The van der Waals surface area contributed by atoms with Crippen molar-refractivity contribution in [1.82, 2.24) is 9.80 Å². The molecule has 3 heterocycles. The van der Waals surface area contributed by atoms with Gasteiger partial charge in [-0.3, -0.25) is 4.90 Å². The van der Waals surface area contributed by atoms with Crippen LogP contribution in [0.5, 0.6) is 5.75 Å². The highest BCUT2D eigenvalue weighted by Crippen LogP contribution is 2.29. The van der Waals surface area contributed by atoms with E-state index in [4.69, 9.17) is 9.47 Å². The molecule has 3 aliphatic rings. The molecule has 0 saturated carbocycles. The number of piperazine rings is 1. The fourth-order valence-electron chi connectivity index (χ4n) is 4.89. The van der Waals surface area contributed by atoms with Gasteiger partial charge < -0.3 is 19.3 Å². The lowest BCUT2D eigenvalue weighted by Crippen LogP contribution is -2.54. The molecule has 0 aliphatic carbocycles. The van der Waals surface area contributed by atoms with Crippen molar-refractivity contribution in [3.05, 3.63) is 24.3 Å². The molecular formula is C21H33N3O2. The maximum atomic E-state index is 5.54. The zero-order valence-electron chi connectivity index (χ0n) is 16.1. The van der Waals surface area contributed by atoms with Crippen LogP contribution in [-0.4, -0.2) is 81.5 Å². The fourth-order valence-corrected chi connectivity index (χ4v) is 4.89. The predicted molar refractivity (Wildman–Crippen MR) is 105 cm³/mol. The van der Waals surface area contributed by atoms with Crippen LogP contribution >= 0.6 is 0 Å². The number of benzene rings is 1. The van der Waals surface area contributed by atoms with E-state index in [1.165, 1.54) is 57.5 Å². The average Bonchev–Trinajstić information content (AvgIpc) is 2.74. The van der Waals surface area contributed by atoms with Crippen LogP contribution in [0.25, 0.3) is 0 Å². The molecule has 0 spiro atoms. The molecule has 0 atom stereocenters. The standard InChI is InChI=1S/C21H33N3O2/c1-25-21-5-3-2-4-20(21)24-14-12-23(13-15-24)18-6-10-22(11-7-18)19-8-16-26-17-9-19/h2-5,18-19H,6-17H2,1H3. The minimum Gasteiger partial charge on any atom is -0.495 e. The zero-order valence-corrected chi connectivity index (χ0v) is 16.1. The molecule has 0 N–H and O–H groups in total. The van der Waals surface area contributed by atoms with E-state index in [1.807, 2.05) is 6.07 Å². The maximum absolute atomic E-state index is 5.54. The van der Waals surface area contributed by atoms with E-state index in [1.54, 1.807) is 7.11 Å². The number of para-hydroxylation sites is 2. The molecule has 0 bridgehead atoms. The highest BCUT2D eigenvalue weighted by Gasteiger charge is 2.31. The van der Waals surface area contributed by atoms with Crippen LogP contribution in [0.3, 0.4) is 0 Å². The molecule has 144 valence electrons. The Morgan fingerprint density at radius 3 is 2.12 bits per heavy atom. The van der Waals surface area contributed by atoms with Gasteiger partial charge in [0, 0.05) is 51.5 Å². The Morgan fingerprint density at radius 1 is 0.808 bits per heavy atom. The Morgan fingerprint density at radius 2 is 1.42 bits per heavy atom. The molecule has 0 radical (unpaired) electrons. The van der Waals surface area contributed by atoms with Crippen molar-refractivity contribution in [2.75, 3.05) is 64.5 Å². The van der Waals surface area contributed by atoms with E-state index in [9.17, 15) is 0 Å². The largest absolute Gasteiger partial charge is 0.495 e. The summed E-state index contributed by atoms with van der Waals surface area (Å²) in [6.07, 6.45) is 5.10. The second kappa shape index (κ2) is 8.59. The summed E-state index contributed by atoms with van der Waals surface area (Å²) in [6, 6.07) is 9.94. The second-order valence-corrected chi connectivity index (χ2v) is 7.81. The van der Waals surface area contributed by atoms with Gasteiger partial charge in [-0.1, -0.05) is 12.1 Å². The number of hydrogen-bond acceptors (Lipinski definition) is 5. The van der Waals surface area contributed by atoms with Gasteiger partial charge >= 0.3 is 0 Å². The Bertz CT molecular complexity index is 560. The van der Waals surface area contributed by atoms with E-state index in [-0.39, 0.29) is 0 Å². The smallest absolute Gasteiger partial charge is 0.142 e. The first-order chi connectivity index (χ1) is 12.8.